The molecule has 0 N–H and O–H groups in total. The second-order valence-electron chi connectivity index (χ2n) is 8.32. The first-order chi connectivity index (χ1) is 13.9. The van der Waals surface area contributed by atoms with Crippen LogP contribution in [-0.4, -0.2) is 0 Å². The smallest absolute Gasteiger partial charge is 0.0102 e. The van der Waals surface area contributed by atoms with Crippen molar-refractivity contribution < 1.29 is 0 Å². The summed E-state index contributed by atoms with van der Waals surface area (Å²) in [6.07, 6.45) is 9.59. The van der Waals surface area contributed by atoms with Crippen molar-refractivity contribution in [3.05, 3.63) is 113 Å². The molecule has 28 heavy (non-hydrogen) atoms. The number of rotatable bonds is 3. The molecule has 0 nitrogen and oxygen atoms in total. The minimum atomic E-state index is 0.531. The first kappa shape index (κ1) is 16.1. The fourth-order valence-electron chi connectivity index (χ4n) is 5.77. The van der Waals surface area contributed by atoms with Crippen LogP contribution in [0.4, 0.5) is 0 Å². The normalized spacial score (nSPS) is 19.4. The number of hydrogen-bond acceptors (Lipinski definition) is 0. The molecule has 0 heterocycles. The molecular formula is C28H24. The van der Waals surface area contributed by atoms with Crippen molar-refractivity contribution in [2.24, 2.45) is 0 Å². The molecule has 3 aliphatic carbocycles. The van der Waals surface area contributed by atoms with Crippen molar-refractivity contribution in [1.82, 2.24) is 0 Å². The molecule has 0 amide bonds. The predicted octanol–water partition coefficient (Wildman–Crippen LogP) is 7.48. The Morgan fingerprint density at radius 3 is 1.82 bits per heavy atom. The van der Waals surface area contributed by atoms with Crippen LogP contribution in [0, 0.1) is 0 Å². The lowest BCUT2D eigenvalue weighted by Crippen LogP contribution is -2.04. The molecule has 0 spiro atoms. The monoisotopic (exact) mass is 360 g/mol. The van der Waals surface area contributed by atoms with Crippen LogP contribution in [0.3, 0.4) is 0 Å². The molecule has 0 aromatic heterocycles. The Labute approximate surface area is 167 Å². The van der Waals surface area contributed by atoms with Gasteiger partial charge in [0.05, 0.1) is 0 Å². The largest absolute Gasteiger partial charge is 0.0836 e. The van der Waals surface area contributed by atoms with Crippen molar-refractivity contribution in [2.45, 2.75) is 37.5 Å². The molecule has 1 atom stereocenters. The van der Waals surface area contributed by atoms with Crippen molar-refractivity contribution in [3.63, 3.8) is 0 Å². The summed E-state index contributed by atoms with van der Waals surface area (Å²) in [7, 11) is 0. The van der Waals surface area contributed by atoms with E-state index in [-0.39, 0.29) is 0 Å². The molecule has 0 radical (unpaired) electrons. The molecule has 1 unspecified atom stereocenters. The molecular weight excluding hydrogens is 336 g/mol. The van der Waals surface area contributed by atoms with Gasteiger partial charge >= 0.3 is 0 Å². The van der Waals surface area contributed by atoms with E-state index >= 15 is 0 Å². The molecule has 0 saturated carbocycles. The second-order valence-corrected chi connectivity index (χ2v) is 8.32. The van der Waals surface area contributed by atoms with Crippen molar-refractivity contribution in [1.29, 1.82) is 0 Å². The van der Waals surface area contributed by atoms with E-state index in [2.05, 4.69) is 84.9 Å². The second kappa shape index (κ2) is 6.34. The predicted molar refractivity (Wildman–Crippen MR) is 117 cm³/mol. The zero-order chi connectivity index (χ0) is 18.5. The van der Waals surface area contributed by atoms with Crippen LogP contribution in [0.25, 0.3) is 16.7 Å². The van der Waals surface area contributed by atoms with Gasteiger partial charge in [-0.25, -0.2) is 0 Å². The minimum absolute atomic E-state index is 0.531. The number of fused-ring (bicyclic) bond motifs is 5. The first-order valence-corrected chi connectivity index (χ1v) is 10.6. The van der Waals surface area contributed by atoms with Crippen molar-refractivity contribution in [3.8, 4) is 11.1 Å². The molecule has 3 aromatic carbocycles. The van der Waals surface area contributed by atoms with Gasteiger partial charge in [-0.15, -0.1) is 0 Å². The van der Waals surface area contributed by atoms with Crippen molar-refractivity contribution in [2.75, 3.05) is 0 Å². The Bertz CT molecular complexity index is 1080. The molecule has 0 saturated heterocycles. The summed E-state index contributed by atoms with van der Waals surface area (Å²) < 4.78 is 0. The highest BCUT2D eigenvalue weighted by molar-refractivity contribution is 5.85. The van der Waals surface area contributed by atoms with Crippen LogP contribution in [0.1, 0.15) is 59.8 Å². The zero-order valence-corrected chi connectivity index (χ0v) is 16.1. The Balaban J connectivity index is 1.36. The number of benzene rings is 3. The van der Waals surface area contributed by atoms with Gasteiger partial charge in [0, 0.05) is 11.8 Å². The SMILES string of the molecule is C1=CC2=C(CC1)C(CCC1c3ccccc3-c3ccccc31)c1ccccc12. The summed E-state index contributed by atoms with van der Waals surface area (Å²) in [6, 6.07) is 27.1. The van der Waals surface area contributed by atoms with Crippen LogP contribution in [0.2, 0.25) is 0 Å². The summed E-state index contributed by atoms with van der Waals surface area (Å²) in [5, 5.41) is 0. The topological polar surface area (TPSA) is 0 Å². The number of hydrogen-bond donors (Lipinski definition) is 0. The fourth-order valence-corrected chi connectivity index (χ4v) is 5.77. The van der Waals surface area contributed by atoms with Crippen LogP contribution >= 0.6 is 0 Å². The molecule has 0 aliphatic heterocycles. The standard InChI is InChI=1S/C28H24/c1-5-13-23-19(9-1)20-10-2-6-14-24(20)27(23)17-18-28-25-15-7-3-11-21(25)22-12-4-8-16-26(22)28/h1-7,9-15,27-28H,8,16-18H2. The molecule has 3 aliphatic rings. The van der Waals surface area contributed by atoms with Gasteiger partial charge in [-0.05, 0) is 64.6 Å². The van der Waals surface area contributed by atoms with Crippen LogP contribution in [-0.2, 0) is 0 Å². The third-order valence-electron chi connectivity index (χ3n) is 6.96. The van der Waals surface area contributed by atoms with E-state index in [0.717, 1.165) is 0 Å². The lowest BCUT2D eigenvalue weighted by molar-refractivity contribution is 0.605. The average molecular weight is 361 g/mol. The van der Waals surface area contributed by atoms with Gasteiger partial charge in [0.25, 0.3) is 0 Å². The summed E-state index contributed by atoms with van der Waals surface area (Å²) in [5.74, 6) is 1.12. The highest BCUT2D eigenvalue weighted by Gasteiger charge is 2.33. The van der Waals surface area contributed by atoms with Gasteiger partial charge in [0.1, 0.15) is 0 Å². The molecule has 6 rings (SSSR count). The van der Waals surface area contributed by atoms with Crippen LogP contribution in [0.15, 0.2) is 90.5 Å². The maximum absolute atomic E-state index is 2.37. The van der Waals surface area contributed by atoms with E-state index < -0.39 is 0 Å². The third kappa shape index (κ3) is 2.31. The summed E-state index contributed by atoms with van der Waals surface area (Å²) in [6.45, 7) is 0. The zero-order valence-electron chi connectivity index (χ0n) is 16.1. The molecule has 136 valence electrons. The maximum atomic E-state index is 2.37. The van der Waals surface area contributed by atoms with Crippen LogP contribution in [0.5, 0.6) is 0 Å². The summed E-state index contributed by atoms with van der Waals surface area (Å²) in [4.78, 5) is 0. The Hall–Kier alpha value is -2.86. The Morgan fingerprint density at radius 1 is 0.607 bits per heavy atom. The lowest BCUT2D eigenvalue weighted by atomic mass is 9.83. The van der Waals surface area contributed by atoms with Crippen molar-refractivity contribution >= 4 is 5.57 Å². The molecule has 0 fully saturated rings. The summed E-state index contributed by atoms with van der Waals surface area (Å²) >= 11 is 0. The van der Waals surface area contributed by atoms with E-state index in [1.54, 1.807) is 11.1 Å². The van der Waals surface area contributed by atoms with Crippen LogP contribution < -0.4 is 0 Å². The quantitative estimate of drug-likeness (QED) is 0.454. The molecule has 0 heteroatoms. The number of allylic oxidation sites excluding steroid dienone is 4. The van der Waals surface area contributed by atoms with E-state index in [9.17, 15) is 0 Å². The Kier molecular flexibility index (Phi) is 3.65. The van der Waals surface area contributed by atoms with Gasteiger partial charge in [0.15, 0.2) is 0 Å². The van der Waals surface area contributed by atoms with Gasteiger partial charge in [0.2, 0.25) is 0 Å². The third-order valence-corrected chi connectivity index (χ3v) is 6.96. The highest BCUT2D eigenvalue weighted by atomic mass is 14.4. The van der Waals surface area contributed by atoms with E-state index in [4.69, 9.17) is 0 Å². The highest BCUT2D eigenvalue weighted by Crippen LogP contribution is 2.52. The van der Waals surface area contributed by atoms with Gasteiger partial charge in [-0.3, -0.25) is 0 Å². The van der Waals surface area contributed by atoms with E-state index in [1.165, 1.54) is 59.1 Å². The van der Waals surface area contributed by atoms with E-state index in [0.29, 0.717) is 11.8 Å². The average Bonchev–Trinajstić information content (AvgIpc) is 3.26. The fraction of sp³-hybridized carbons (Fsp3) is 0.214. The van der Waals surface area contributed by atoms with E-state index in [1.807, 2.05) is 0 Å². The van der Waals surface area contributed by atoms with Gasteiger partial charge in [-0.1, -0.05) is 90.5 Å². The molecule has 3 aromatic rings. The minimum Gasteiger partial charge on any atom is -0.0836 e. The summed E-state index contributed by atoms with van der Waals surface area (Å²) in [5.41, 5.74) is 12.2. The lowest BCUT2D eigenvalue weighted by Gasteiger charge is -2.21. The Morgan fingerprint density at radius 2 is 1.14 bits per heavy atom. The van der Waals surface area contributed by atoms with Gasteiger partial charge in [-0.2, -0.15) is 0 Å². The van der Waals surface area contributed by atoms with Gasteiger partial charge < -0.3 is 0 Å². The molecule has 0 bridgehead atoms. The first-order valence-electron chi connectivity index (χ1n) is 10.6. The maximum Gasteiger partial charge on any atom is 0.0102 e.